The topological polar surface area (TPSA) is 60.1 Å². The summed E-state index contributed by atoms with van der Waals surface area (Å²) in [6.07, 6.45) is 3.25. The van der Waals surface area contributed by atoms with Gasteiger partial charge in [0, 0.05) is 11.6 Å². The number of nitrogens with zero attached hydrogens (tertiary/aromatic N) is 2. The van der Waals surface area contributed by atoms with E-state index in [4.69, 9.17) is 4.42 Å². The average molecular weight is 267 g/mol. The van der Waals surface area contributed by atoms with Crippen molar-refractivity contribution in [3.8, 4) is 0 Å². The number of furan rings is 1. The first-order valence-corrected chi connectivity index (χ1v) is 6.23. The molecule has 20 heavy (non-hydrogen) atoms. The molecule has 1 amide bonds. The van der Waals surface area contributed by atoms with Gasteiger partial charge in [-0.25, -0.2) is 4.68 Å². The monoisotopic (exact) mass is 267 g/mol. The molecule has 0 aliphatic carbocycles. The lowest BCUT2D eigenvalue weighted by Gasteiger charge is -2.07. The molecule has 0 aliphatic rings. The van der Waals surface area contributed by atoms with E-state index >= 15 is 0 Å². The van der Waals surface area contributed by atoms with Crippen LogP contribution < -0.4 is 5.32 Å². The van der Waals surface area contributed by atoms with Crippen molar-refractivity contribution in [1.29, 1.82) is 0 Å². The molecule has 0 fully saturated rings. The fraction of sp³-hybridized carbons (Fsp3) is 0.0667. The third kappa shape index (κ3) is 2.61. The highest BCUT2D eigenvalue weighted by atomic mass is 16.3. The van der Waals surface area contributed by atoms with Gasteiger partial charge in [-0.15, -0.1) is 0 Å². The second-order valence-electron chi connectivity index (χ2n) is 4.27. The molecule has 1 N–H and O–H groups in total. The second kappa shape index (κ2) is 5.44. The van der Waals surface area contributed by atoms with Gasteiger partial charge in [0.15, 0.2) is 0 Å². The number of carbonyl (C=O) groups excluding carboxylic acids is 1. The third-order valence-electron chi connectivity index (χ3n) is 2.88. The van der Waals surface area contributed by atoms with Crippen molar-refractivity contribution >= 4 is 11.7 Å². The van der Waals surface area contributed by atoms with E-state index in [2.05, 4.69) is 10.4 Å². The molecule has 1 aromatic carbocycles. The van der Waals surface area contributed by atoms with E-state index in [-0.39, 0.29) is 5.91 Å². The van der Waals surface area contributed by atoms with E-state index in [0.29, 0.717) is 17.9 Å². The smallest absolute Gasteiger partial charge is 0.256 e. The lowest BCUT2D eigenvalue weighted by molar-refractivity contribution is 0.102. The summed E-state index contributed by atoms with van der Waals surface area (Å²) >= 11 is 0. The summed E-state index contributed by atoms with van der Waals surface area (Å²) in [5, 5.41) is 7.02. The van der Waals surface area contributed by atoms with Gasteiger partial charge in [0.05, 0.1) is 12.5 Å². The molecule has 0 spiro atoms. The molecule has 3 aromatic rings. The zero-order valence-electron chi connectivity index (χ0n) is 10.7. The van der Waals surface area contributed by atoms with Gasteiger partial charge >= 0.3 is 0 Å². The van der Waals surface area contributed by atoms with Crippen LogP contribution in [0.2, 0.25) is 0 Å². The van der Waals surface area contributed by atoms with Gasteiger partial charge in [0.25, 0.3) is 5.91 Å². The van der Waals surface area contributed by atoms with Crippen molar-refractivity contribution in [2.75, 3.05) is 5.32 Å². The first-order chi connectivity index (χ1) is 9.83. The molecule has 0 unspecified atom stereocenters. The van der Waals surface area contributed by atoms with Gasteiger partial charge in [-0.3, -0.25) is 4.79 Å². The fourth-order valence-corrected chi connectivity index (χ4v) is 1.89. The Balaban J connectivity index is 1.75. The number of nitrogens with one attached hydrogen (secondary N) is 1. The summed E-state index contributed by atoms with van der Waals surface area (Å²) in [6.45, 7) is 0.477. The molecule has 5 nitrogen and oxygen atoms in total. The van der Waals surface area contributed by atoms with Crippen molar-refractivity contribution in [1.82, 2.24) is 9.78 Å². The van der Waals surface area contributed by atoms with Crippen LogP contribution in [-0.4, -0.2) is 15.7 Å². The number of anilines is 1. The van der Waals surface area contributed by atoms with Crippen LogP contribution in [0.1, 0.15) is 16.1 Å². The molecule has 0 atom stereocenters. The summed E-state index contributed by atoms with van der Waals surface area (Å²) in [5.41, 5.74) is 0.609. The Bertz CT molecular complexity index is 687. The van der Waals surface area contributed by atoms with Crippen LogP contribution in [0.15, 0.2) is 65.4 Å². The molecule has 5 heteroatoms. The van der Waals surface area contributed by atoms with Gasteiger partial charge in [-0.05, 0) is 24.3 Å². The Labute approximate surface area is 115 Å². The maximum atomic E-state index is 12.1. The van der Waals surface area contributed by atoms with E-state index in [1.807, 2.05) is 30.3 Å². The maximum Gasteiger partial charge on any atom is 0.256 e. The standard InChI is InChI=1S/C15H13N3O2/c19-15(12-5-2-1-3-6-12)17-14-8-9-16-18(14)11-13-7-4-10-20-13/h1-10H,11H2,(H,17,19). The van der Waals surface area contributed by atoms with Crippen LogP contribution in [0.5, 0.6) is 0 Å². The maximum absolute atomic E-state index is 12.1. The summed E-state index contributed by atoms with van der Waals surface area (Å²) in [6, 6.07) is 14.5. The van der Waals surface area contributed by atoms with E-state index < -0.39 is 0 Å². The predicted molar refractivity (Wildman–Crippen MR) is 74.4 cm³/mol. The Hall–Kier alpha value is -2.82. The lowest BCUT2D eigenvalue weighted by atomic mass is 10.2. The van der Waals surface area contributed by atoms with Crippen molar-refractivity contribution in [3.05, 3.63) is 72.3 Å². The quantitative estimate of drug-likeness (QED) is 0.790. The van der Waals surface area contributed by atoms with E-state index in [0.717, 1.165) is 5.76 Å². The molecule has 0 saturated carbocycles. The number of hydrogen-bond donors (Lipinski definition) is 1. The normalized spacial score (nSPS) is 10.4. The zero-order chi connectivity index (χ0) is 13.8. The number of amides is 1. The van der Waals surface area contributed by atoms with Crippen molar-refractivity contribution in [2.45, 2.75) is 6.54 Å². The molecule has 0 bridgehead atoms. The highest BCUT2D eigenvalue weighted by molar-refractivity contribution is 6.03. The summed E-state index contributed by atoms with van der Waals surface area (Å²) in [4.78, 5) is 12.1. The molecule has 2 aromatic heterocycles. The molecular weight excluding hydrogens is 254 g/mol. The van der Waals surface area contributed by atoms with Gasteiger partial charge in [-0.1, -0.05) is 18.2 Å². The van der Waals surface area contributed by atoms with Crippen molar-refractivity contribution in [2.24, 2.45) is 0 Å². The van der Waals surface area contributed by atoms with Crippen molar-refractivity contribution < 1.29 is 9.21 Å². The summed E-state index contributed by atoms with van der Waals surface area (Å²) in [5.74, 6) is 1.26. The van der Waals surface area contributed by atoms with Crippen LogP contribution in [-0.2, 0) is 6.54 Å². The zero-order valence-corrected chi connectivity index (χ0v) is 10.7. The Morgan fingerprint density at radius 3 is 2.75 bits per heavy atom. The SMILES string of the molecule is O=C(Nc1ccnn1Cc1ccco1)c1ccccc1. The van der Waals surface area contributed by atoms with Crippen LogP contribution in [0.25, 0.3) is 0 Å². The average Bonchev–Trinajstić information content (AvgIpc) is 3.13. The molecule has 3 rings (SSSR count). The lowest BCUT2D eigenvalue weighted by Crippen LogP contribution is -2.15. The Morgan fingerprint density at radius 2 is 2.00 bits per heavy atom. The van der Waals surface area contributed by atoms with E-state index in [1.165, 1.54) is 0 Å². The molecular formula is C15H13N3O2. The second-order valence-corrected chi connectivity index (χ2v) is 4.27. The molecule has 0 saturated heterocycles. The molecule has 100 valence electrons. The minimum absolute atomic E-state index is 0.160. The highest BCUT2D eigenvalue weighted by Gasteiger charge is 2.10. The fourth-order valence-electron chi connectivity index (χ4n) is 1.89. The number of aromatic nitrogens is 2. The first kappa shape index (κ1) is 12.2. The van der Waals surface area contributed by atoms with E-state index in [9.17, 15) is 4.79 Å². The molecule has 0 radical (unpaired) electrons. The van der Waals surface area contributed by atoms with Gasteiger partial charge in [-0.2, -0.15) is 5.10 Å². The predicted octanol–water partition coefficient (Wildman–Crippen LogP) is 2.78. The number of hydrogen-bond acceptors (Lipinski definition) is 3. The van der Waals surface area contributed by atoms with Gasteiger partial charge < -0.3 is 9.73 Å². The summed E-state index contributed by atoms with van der Waals surface area (Å²) < 4.78 is 6.96. The number of carbonyl (C=O) groups is 1. The number of benzene rings is 1. The van der Waals surface area contributed by atoms with E-state index in [1.54, 1.807) is 35.3 Å². The number of rotatable bonds is 4. The molecule has 2 heterocycles. The first-order valence-electron chi connectivity index (χ1n) is 6.23. The van der Waals surface area contributed by atoms with Crippen LogP contribution >= 0.6 is 0 Å². The molecule has 0 aliphatic heterocycles. The van der Waals surface area contributed by atoms with Gasteiger partial charge in [0.1, 0.15) is 18.1 Å². The van der Waals surface area contributed by atoms with Crippen molar-refractivity contribution in [3.63, 3.8) is 0 Å². The Morgan fingerprint density at radius 1 is 1.15 bits per heavy atom. The largest absolute Gasteiger partial charge is 0.467 e. The highest BCUT2D eigenvalue weighted by Crippen LogP contribution is 2.12. The van der Waals surface area contributed by atoms with Gasteiger partial charge in [0.2, 0.25) is 0 Å². The Kier molecular flexibility index (Phi) is 3.33. The summed E-state index contributed by atoms with van der Waals surface area (Å²) in [7, 11) is 0. The minimum Gasteiger partial charge on any atom is -0.467 e. The minimum atomic E-state index is -0.160. The van der Waals surface area contributed by atoms with Crippen LogP contribution in [0.3, 0.4) is 0 Å². The van der Waals surface area contributed by atoms with Crippen LogP contribution in [0.4, 0.5) is 5.82 Å². The third-order valence-corrected chi connectivity index (χ3v) is 2.88. The van der Waals surface area contributed by atoms with Crippen LogP contribution in [0, 0.1) is 0 Å².